The van der Waals surface area contributed by atoms with Gasteiger partial charge in [-0.25, -0.2) is 4.98 Å². The first-order chi connectivity index (χ1) is 13.7. The fourth-order valence-corrected chi connectivity index (χ4v) is 4.28. The molecule has 0 bridgehead atoms. The van der Waals surface area contributed by atoms with Crippen molar-refractivity contribution in [1.82, 2.24) is 4.98 Å². The van der Waals surface area contributed by atoms with Gasteiger partial charge in [0.2, 0.25) is 0 Å². The summed E-state index contributed by atoms with van der Waals surface area (Å²) < 4.78 is 12.3. The van der Waals surface area contributed by atoms with E-state index in [0.717, 1.165) is 37.8 Å². The Bertz CT molecular complexity index is 1130. The number of thiocarbonyl (C=S) groups is 1. The van der Waals surface area contributed by atoms with E-state index in [9.17, 15) is 0 Å². The maximum atomic E-state index is 5.71. The van der Waals surface area contributed by atoms with Gasteiger partial charge >= 0.3 is 0 Å². The third-order valence-corrected chi connectivity index (χ3v) is 5.77. The summed E-state index contributed by atoms with van der Waals surface area (Å²) in [6.07, 6.45) is 0. The largest absolute Gasteiger partial charge is 0.495 e. The molecular formula is C22H18N2O2S2. The lowest BCUT2D eigenvalue weighted by atomic mass is 10.2. The molecule has 0 saturated carbocycles. The van der Waals surface area contributed by atoms with Crippen LogP contribution in [0.1, 0.15) is 5.56 Å². The lowest BCUT2D eigenvalue weighted by Crippen LogP contribution is -2.11. The molecule has 4 aromatic rings. The molecule has 6 heteroatoms. The summed E-state index contributed by atoms with van der Waals surface area (Å²) in [5.74, 6) is 1.38. The molecule has 0 fully saturated rings. The minimum atomic E-state index is 0.610. The smallest absolute Gasteiger partial charge is 0.169 e. The molecule has 0 atom stereocenters. The topological polar surface area (TPSA) is 43.4 Å². The summed E-state index contributed by atoms with van der Waals surface area (Å²) in [5.41, 5.74) is 3.47. The first-order valence-corrected chi connectivity index (χ1v) is 9.91. The Hall–Kier alpha value is -2.96. The third-order valence-electron chi connectivity index (χ3n) is 4.32. The van der Waals surface area contributed by atoms with Gasteiger partial charge in [-0.05, 0) is 0 Å². The molecule has 28 heavy (non-hydrogen) atoms. The van der Waals surface area contributed by atoms with Crippen LogP contribution in [0, 0.1) is 0 Å². The molecular weight excluding hydrogens is 388 g/mol. The highest BCUT2D eigenvalue weighted by Gasteiger charge is 2.20. The van der Waals surface area contributed by atoms with Crippen LogP contribution in [0.4, 0.5) is 5.69 Å². The molecule has 0 aliphatic heterocycles. The first kappa shape index (κ1) is 18.4. The maximum absolute atomic E-state index is 5.71. The van der Waals surface area contributed by atoms with Gasteiger partial charge in [0.05, 0.1) is 19.9 Å². The molecule has 1 N–H and O–H groups in total. The zero-order chi connectivity index (χ0) is 19.5. The van der Waals surface area contributed by atoms with Crippen LogP contribution in [0.5, 0.6) is 11.5 Å². The number of hydrogen-bond donors (Lipinski definition) is 1. The normalized spacial score (nSPS) is 10.6. The fraction of sp³-hybridized carbons (Fsp3) is 0.0909. The second-order valence-corrected chi connectivity index (χ2v) is 7.45. The van der Waals surface area contributed by atoms with Crippen LogP contribution in [-0.2, 0) is 0 Å². The standard InChI is InChI=1S/C22H18N2O2S2/c1-25-17-13-16(23-21(27)14-9-5-3-6-10-14)19(26-2)18-20(17)28-22(24-18)15-11-7-4-8-12-15/h3-13H,1-2H3,(H,23,27). The molecule has 0 radical (unpaired) electrons. The lowest BCUT2D eigenvalue weighted by Gasteiger charge is -2.14. The monoisotopic (exact) mass is 406 g/mol. The minimum absolute atomic E-state index is 0.610. The second-order valence-electron chi connectivity index (χ2n) is 6.04. The van der Waals surface area contributed by atoms with Crippen LogP contribution in [0.25, 0.3) is 20.8 Å². The number of nitrogens with one attached hydrogen (secondary N) is 1. The highest BCUT2D eigenvalue weighted by Crippen LogP contribution is 2.44. The van der Waals surface area contributed by atoms with Gasteiger partial charge in [0.25, 0.3) is 0 Å². The Morgan fingerprint density at radius 1 is 0.964 bits per heavy atom. The number of rotatable bonds is 5. The number of thiazole rings is 1. The molecule has 4 nitrogen and oxygen atoms in total. The lowest BCUT2D eigenvalue weighted by molar-refractivity contribution is 0.412. The summed E-state index contributed by atoms with van der Waals surface area (Å²) >= 11 is 7.15. The number of benzene rings is 3. The summed E-state index contributed by atoms with van der Waals surface area (Å²) in [7, 11) is 3.29. The van der Waals surface area contributed by atoms with Crippen molar-refractivity contribution in [2.45, 2.75) is 0 Å². The predicted molar refractivity (Wildman–Crippen MR) is 120 cm³/mol. The fourth-order valence-electron chi connectivity index (χ4n) is 2.97. The van der Waals surface area contributed by atoms with Crippen molar-refractivity contribution in [3.63, 3.8) is 0 Å². The SMILES string of the molecule is COc1c(NC(=S)c2ccccc2)cc(OC)c2sc(-c3ccccc3)nc12. The van der Waals surface area contributed by atoms with Crippen molar-refractivity contribution in [1.29, 1.82) is 0 Å². The van der Waals surface area contributed by atoms with Gasteiger partial charge in [-0.1, -0.05) is 72.9 Å². The quantitative estimate of drug-likeness (QED) is 0.426. The Morgan fingerprint density at radius 2 is 1.64 bits per heavy atom. The molecule has 1 heterocycles. The van der Waals surface area contributed by atoms with Crippen LogP contribution >= 0.6 is 23.6 Å². The molecule has 0 aliphatic carbocycles. The Kier molecular flexibility index (Phi) is 5.23. The van der Waals surface area contributed by atoms with E-state index in [0.29, 0.717) is 10.7 Å². The van der Waals surface area contributed by atoms with Crippen molar-refractivity contribution in [2.24, 2.45) is 0 Å². The van der Waals surface area contributed by atoms with Gasteiger partial charge < -0.3 is 14.8 Å². The Balaban J connectivity index is 1.82. The highest BCUT2D eigenvalue weighted by atomic mass is 32.1. The van der Waals surface area contributed by atoms with E-state index in [1.807, 2.05) is 66.7 Å². The number of hydrogen-bond acceptors (Lipinski definition) is 5. The molecule has 3 aromatic carbocycles. The molecule has 140 valence electrons. The zero-order valence-electron chi connectivity index (χ0n) is 15.4. The van der Waals surface area contributed by atoms with Crippen LogP contribution in [-0.4, -0.2) is 24.2 Å². The number of fused-ring (bicyclic) bond motifs is 1. The van der Waals surface area contributed by atoms with Gasteiger partial charge in [0, 0.05) is 17.2 Å². The number of aromatic nitrogens is 1. The minimum Gasteiger partial charge on any atom is -0.495 e. The van der Waals surface area contributed by atoms with E-state index in [2.05, 4.69) is 5.32 Å². The number of nitrogens with zero attached hydrogens (tertiary/aromatic N) is 1. The van der Waals surface area contributed by atoms with Crippen LogP contribution in [0.15, 0.2) is 66.7 Å². The molecule has 0 amide bonds. The second kappa shape index (κ2) is 7.96. The van der Waals surface area contributed by atoms with Gasteiger partial charge in [-0.2, -0.15) is 0 Å². The Morgan fingerprint density at radius 3 is 2.29 bits per heavy atom. The first-order valence-electron chi connectivity index (χ1n) is 8.68. The summed E-state index contributed by atoms with van der Waals surface area (Å²) in [5, 5.41) is 4.20. The predicted octanol–water partition coefficient (Wildman–Crippen LogP) is 5.77. The number of methoxy groups -OCH3 is 2. The zero-order valence-corrected chi connectivity index (χ0v) is 17.1. The van der Waals surface area contributed by atoms with Gasteiger partial charge in [0.1, 0.15) is 26.0 Å². The van der Waals surface area contributed by atoms with Crippen LogP contribution < -0.4 is 14.8 Å². The van der Waals surface area contributed by atoms with E-state index in [-0.39, 0.29) is 0 Å². The molecule has 0 unspecified atom stereocenters. The average molecular weight is 407 g/mol. The van der Waals surface area contributed by atoms with E-state index >= 15 is 0 Å². The highest BCUT2D eigenvalue weighted by molar-refractivity contribution is 7.81. The number of ether oxygens (including phenoxy) is 2. The Labute approximate surface area is 172 Å². The molecule has 0 spiro atoms. The maximum Gasteiger partial charge on any atom is 0.169 e. The van der Waals surface area contributed by atoms with E-state index < -0.39 is 0 Å². The molecule has 0 saturated heterocycles. The van der Waals surface area contributed by atoms with Crippen LogP contribution in [0.2, 0.25) is 0 Å². The third kappa shape index (κ3) is 3.44. The van der Waals surface area contributed by atoms with Crippen molar-refractivity contribution in [2.75, 3.05) is 19.5 Å². The van der Waals surface area contributed by atoms with Crippen molar-refractivity contribution in [3.05, 3.63) is 72.3 Å². The summed E-state index contributed by atoms with van der Waals surface area (Å²) in [6, 6.07) is 21.8. The van der Waals surface area contributed by atoms with E-state index in [1.54, 1.807) is 25.6 Å². The van der Waals surface area contributed by atoms with Crippen molar-refractivity contribution < 1.29 is 9.47 Å². The van der Waals surface area contributed by atoms with Gasteiger partial charge in [-0.15, -0.1) is 11.3 Å². The molecule has 0 aliphatic rings. The van der Waals surface area contributed by atoms with Crippen molar-refractivity contribution >= 4 is 44.4 Å². The molecule has 1 aromatic heterocycles. The average Bonchev–Trinajstić information content (AvgIpc) is 3.19. The van der Waals surface area contributed by atoms with Crippen LogP contribution in [0.3, 0.4) is 0 Å². The van der Waals surface area contributed by atoms with Gasteiger partial charge in [-0.3, -0.25) is 0 Å². The van der Waals surface area contributed by atoms with Gasteiger partial charge in [0.15, 0.2) is 5.75 Å². The van der Waals surface area contributed by atoms with E-state index in [4.69, 9.17) is 26.7 Å². The summed E-state index contributed by atoms with van der Waals surface area (Å²) in [4.78, 5) is 5.44. The molecule has 4 rings (SSSR count). The van der Waals surface area contributed by atoms with Crippen molar-refractivity contribution in [3.8, 4) is 22.1 Å². The summed E-state index contributed by atoms with van der Waals surface area (Å²) in [6.45, 7) is 0. The number of anilines is 1. The van der Waals surface area contributed by atoms with E-state index in [1.165, 1.54) is 0 Å².